The summed E-state index contributed by atoms with van der Waals surface area (Å²) in [5.74, 6) is 0. The third kappa shape index (κ3) is 2.23. The lowest BCUT2D eigenvalue weighted by Crippen LogP contribution is -2.00. The second-order valence-electron chi connectivity index (χ2n) is 3.77. The number of anilines is 1. The van der Waals surface area contributed by atoms with Gasteiger partial charge in [-0.1, -0.05) is 0 Å². The molecular formula is C13H10BrN3S. The van der Waals surface area contributed by atoms with Crippen LogP contribution in [-0.2, 0) is 6.54 Å². The monoisotopic (exact) mass is 319 g/mol. The van der Waals surface area contributed by atoms with Crippen molar-refractivity contribution in [1.29, 1.82) is 0 Å². The Balaban J connectivity index is 1.97. The first kappa shape index (κ1) is 11.6. The minimum Gasteiger partial charge on any atom is -0.377 e. The molecule has 0 fully saturated rings. The van der Waals surface area contributed by atoms with Crippen LogP contribution in [0.3, 0.4) is 0 Å². The fraction of sp³-hybridized carbons (Fsp3) is 0.0769. The van der Waals surface area contributed by atoms with E-state index in [2.05, 4.69) is 37.3 Å². The van der Waals surface area contributed by atoms with E-state index in [0.717, 1.165) is 32.6 Å². The van der Waals surface area contributed by atoms with Gasteiger partial charge in [-0.15, -0.1) is 11.3 Å². The number of fused-ring (bicyclic) bond motifs is 1. The quantitative estimate of drug-likeness (QED) is 0.790. The molecule has 1 N–H and O–H groups in total. The average molecular weight is 320 g/mol. The highest BCUT2D eigenvalue weighted by Gasteiger charge is 2.06. The highest BCUT2D eigenvalue weighted by Crippen LogP contribution is 2.30. The number of hydrogen-bond donors (Lipinski definition) is 1. The van der Waals surface area contributed by atoms with Crippen molar-refractivity contribution in [3.63, 3.8) is 0 Å². The molecule has 0 spiro atoms. The van der Waals surface area contributed by atoms with Crippen LogP contribution in [0.4, 0.5) is 5.69 Å². The average Bonchev–Trinajstić information content (AvgIpc) is 2.91. The first-order valence-electron chi connectivity index (χ1n) is 5.50. The lowest BCUT2D eigenvalue weighted by molar-refractivity contribution is 1.10. The van der Waals surface area contributed by atoms with E-state index in [9.17, 15) is 0 Å². The number of rotatable bonds is 3. The van der Waals surface area contributed by atoms with Gasteiger partial charge in [-0.25, -0.2) is 4.98 Å². The Morgan fingerprint density at radius 1 is 1.17 bits per heavy atom. The number of halogens is 1. The van der Waals surface area contributed by atoms with Gasteiger partial charge in [0.1, 0.15) is 5.01 Å². The summed E-state index contributed by atoms with van der Waals surface area (Å²) in [5, 5.41) is 7.59. The second kappa shape index (κ2) is 5.04. The third-order valence-corrected chi connectivity index (χ3v) is 4.07. The molecule has 0 aliphatic carbocycles. The standard InChI is InChI=1S/C13H10BrN3S/c14-10-3-4-11-9(2-1-5-15-11)13(10)17-8-12-16-6-7-18-12/h1-7,17H,8H2. The molecule has 0 unspecified atom stereocenters. The van der Waals surface area contributed by atoms with E-state index in [4.69, 9.17) is 0 Å². The minimum atomic E-state index is 0.726. The van der Waals surface area contributed by atoms with E-state index < -0.39 is 0 Å². The molecule has 0 saturated heterocycles. The van der Waals surface area contributed by atoms with Crippen LogP contribution < -0.4 is 5.32 Å². The SMILES string of the molecule is Brc1ccc2ncccc2c1NCc1nccs1. The summed E-state index contributed by atoms with van der Waals surface area (Å²) in [4.78, 5) is 8.62. The number of benzene rings is 1. The van der Waals surface area contributed by atoms with Crippen molar-refractivity contribution in [2.24, 2.45) is 0 Å². The first-order valence-corrected chi connectivity index (χ1v) is 7.17. The number of pyridine rings is 1. The van der Waals surface area contributed by atoms with Crippen LogP contribution in [0.25, 0.3) is 10.9 Å². The van der Waals surface area contributed by atoms with Crippen molar-refractivity contribution >= 4 is 43.9 Å². The smallest absolute Gasteiger partial charge is 0.112 e. The van der Waals surface area contributed by atoms with Crippen molar-refractivity contribution in [3.8, 4) is 0 Å². The van der Waals surface area contributed by atoms with E-state index in [1.54, 1.807) is 17.5 Å². The lowest BCUT2D eigenvalue weighted by Gasteiger charge is -2.10. The second-order valence-corrected chi connectivity index (χ2v) is 5.61. The van der Waals surface area contributed by atoms with E-state index in [1.165, 1.54) is 0 Å². The van der Waals surface area contributed by atoms with Gasteiger partial charge in [-0.05, 0) is 40.2 Å². The van der Waals surface area contributed by atoms with Gasteiger partial charge in [0, 0.05) is 27.6 Å². The van der Waals surface area contributed by atoms with Gasteiger partial charge in [0.15, 0.2) is 0 Å². The van der Waals surface area contributed by atoms with Crippen LogP contribution >= 0.6 is 27.3 Å². The summed E-state index contributed by atoms with van der Waals surface area (Å²) in [6.07, 6.45) is 3.63. The van der Waals surface area contributed by atoms with Crippen molar-refractivity contribution in [2.45, 2.75) is 6.54 Å². The van der Waals surface area contributed by atoms with Crippen molar-refractivity contribution in [2.75, 3.05) is 5.32 Å². The molecule has 0 saturated carbocycles. The summed E-state index contributed by atoms with van der Waals surface area (Å²) in [6, 6.07) is 8.04. The maximum atomic E-state index is 4.35. The highest BCUT2D eigenvalue weighted by molar-refractivity contribution is 9.10. The molecule has 5 heteroatoms. The molecule has 3 rings (SSSR count). The molecule has 2 heterocycles. The maximum Gasteiger partial charge on any atom is 0.112 e. The predicted octanol–water partition coefficient (Wildman–Crippen LogP) is 4.07. The molecule has 0 bridgehead atoms. The van der Waals surface area contributed by atoms with Crippen LogP contribution in [0, 0.1) is 0 Å². The van der Waals surface area contributed by atoms with Gasteiger partial charge in [0.05, 0.1) is 17.7 Å². The molecule has 0 atom stereocenters. The van der Waals surface area contributed by atoms with Gasteiger partial charge < -0.3 is 5.32 Å². The summed E-state index contributed by atoms with van der Waals surface area (Å²) in [7, 11) is 0. The molecule has 3 aromatic rings. The number of aromatic nitrogens is 2. The van der Waals surface area contributed by atoms with Crippen molar-refractivity contribution in [1.82, 2.24) is 9.97 Å². The Morgan fingerprint density at radius 2 is 2.11 bits per heavy atom. The molecule has 0 amide bonds. The molecule has 2 aromatic heterocycles. The van der Waals surface area contributed by atoms with Crippen LogP contribution in [0.5, 0.6) is 0 Å². The highest BCUT2D eigenvalue weighted by atomic mass is 79.9. The lowest BCUT2D eigenvalue weighted by atomic mass is 10.2. The van der Waals surface area contributed by atoms with Crippen LogP contribution in [0.1, 0.15) is 5.01 Å². The molecule has 3 nitrogen and oxygen atoms in total. The molecule has 0 aliphatic rings. The van der Waals surface area contributed by atoms with Crippen LogP contribution in [0.15, 0.2) is 46.5 Å². The zero-order chi connectivity index (χ0) is 12.4. The van der Waals surface area contributed by atoms with E-state index in [-0.39, 0.29) is 0 Å². The Kier molecular flexibility index (Phi) is 3.25. The normalized spacial score (nSPS) is 10.7. The Bertz CT molecular complexity index is 667. The van der Waals surface area contributed by atoms with Crippen LogP contribution in [-0.4, -0.2) is 9.97 Å². The fourth-order valence-electron chi connectivity index (χ4n) is 1.81. The molecule has 0 radical (unpaired) electrons. The van der Waals surface area contributed by atoms with E-state index in [1.807, 2.05) is 29.8 Å². The molecular weight excluding hydrogens is 310 g/mol. The van der Waals surface area contributed by atoms with Crippen molar-refractivity contribution < 1.29 is 0 Å². The van der Waals surface area contributed by atoms with Gasteiger partial charge >= 0.3 is 0 Å². The zero-order valence-corrected chi connectivity index (χ0v) is 11.8. The third-order valence-electron chi connectivity index (χ3n) is 2.63. The number of thiazole rings is 1. The topological polar surface area (TPSA) is 37.8 Å². The zero-order valence-electron chi connectivity index (χ0n) is 9.43. The number of hydrogen-bond acceptors (Lipinski definition) is 4. The Hall–Kier alpha value is -1.46. The van der Waals surface area contributed by atoms with Gasteiger partial charge in [-0.3, -0.25) is 4.98 Å². The van der Waals surface area contributed by atoms with Gasteiger partial charge in [-0.2, -0.15) is 0 Å². The fourth-order valence-corrected chi connectivity index (χ4v) is 2.85. The Labute approximate surface area is 117 Å². The van der Waals surface area contributed by atoms with E-state index >= 15 is 0 Å². The molecule has 18 heavy (non-hydrogen) atoms. The largest absolute Gasteiger partial charge is 0.377 e. The van der Waals surface area contributed by atoms with Gasteiger partial charge in [0.25, 0.3) is 0 Å². The number of nitrogens with zero attached hydrogens (tertiary/aromatic N) is 2. The summed E-state index contributed by atoms with van der Waals surface area (Å²) in [6.45, 7) is 0.726. The van der Waals surface area contributed by atoms with Gasteiger partial charge in [0.2, 0.25) is 0 Å². The molecule has 0 aliphatic heterocycles. The van der Waals surface area contributed by atoms with Crippen LogP contribution in [0.2, 0.25) is 0 Å². The Morgan fingerprint density at radius 3 is 2.94 bits per heavy atom. The predicted molar refractivity (Wildman–Crippen MR) is 78.9 cm³/mol. The summed E-state index contributed by atoms with van der Waals surface area (Å²) < 4.78 is 1.04. The molecule has 1 aromatic carbocycles. The first-order chi connectivity index (χ1) is 8.84. The maximum absolute atomic E-state index is 4.35. The van der Waals surface area contributed by atoms with Crippen molar-refractivity contribution in [3.05, 3.63) is 51.5 Å². The minimum absolute atomic E-state index is 0.726. The number of nitrogens with one attached hydrogen (secondary N) is 1. The molecule has 90 valence electrons. The van der Waals surface area contributed by atoms with E-state index in [0.29, 0.717) is 0 Å². The summed E-state index contributed by atoms with van der Waals surface area (Å²) >= 11 is 5.22. The summed E-state index contributed by atoms with van der Waals surface area (Å²) in [5.41, 5.74) is 2.05.